The predicted molar refractivity (Wildman–Crippen MR) is 119 cm³/mol. The fourth-order valence-electron chi connectivity index (χ4n) is 3.67. The van der Waals surface area contributed by atoms with Crippen LogP contribution in [-0.2, 0) is 21.9 Å². The summed E-state index contributed by atoms with van der Waals surface area (Å²) in [5, 5.41) is 7.68. The van der Waals surface area contributed by atoms with Gasteiger partial charge < -0.3 is 19.9 Å². The molecule has 1 amide bonds. The molecular weight excluding hydrogens is 512 g/mol. The van der Waals surface area contributed by atoms with Crippen molar-refractivity contribution in [3.05, 3.63) is 40.1 Å². The van der Waals surface area contributed by atoms with Crippen LogP contribution < -0.4 is 15.8 Å². The lowest BCUT2D eigenvalue weighted by molar-refractivity contribution is -0.139. The molecule has 1 atom stereocenters. The quantitative estimate of drug-likeness (QED) is 0.390. The van der Waals surface area contributed by atoms with E-state index in [4.69, 9.17) is 4.74 Å². The van der Waals surface area contributed by atoms with Crippen molar-refractivity contribution in [3.8, 4) is 0 Å². The summed E-state index contributed by atoms with van der Waals surface area (Å²) in [5.41, 5.74) is -4.17. The molecule has 1 fully saturated rings. The molecule has 0 aliphatic carbocycles. The Balaban J connectivity index is 1.43. The normalized spacial score (nSPS) is 15.9. The molecule has 0 radical (unpaired) electrons. The Bertz CT molecular complexity index is 1110. The highest BCUT2D eigenvalue weighted by Gasteiger charge is 2.37. The number of aromatic amines is 1. The Morgan fingerprint density at radius 2 is 1.78 bits per heavy atom. The van der Waals surface area contributed by atoms with Crippen LogP contribution in [0.3, 0.4) is 0 Å². The Morgan fingerprint density at radius 1 is 1.08 bits per heavy atom. The van der Waals surface area contributed by atoms with Crippen molar-refractivity contribution in [2.24, 2.45) is 0 Å². The van der Waals surface area contributed by atoms with Gasteiger partial charge in [-0.1, -0.05) is 0 Å². The summed E-state index contributed by atoms with van der Waals surface area (Å²) in [4.78, 5) is 35.0. The fraction of sp³-hybridized carbons (Fsp3) is 0.571. The van der Waals surface area contributed by atoms with E-state index in [9.17, 15) is 35.9 Å². The molecule has 2 aromatic heterocycles. The summed E-state index contributed by atoms with van der Waals surface area (Å²) in [6.45, 7) is 3.09. The van der Waals surface area contributed by atoms with E-state index in [2.05, 4.69) is 20.4 Å². The monoisotopic (exact) mass is 537 g/mol. The maximum absolute atomic E-state index is 13.1. The number of carbonyl (C=O) groups excluding carboxylic acids is 1. The third kappa shape index (κ3) is 7.77. The first-order valence-electron chi connectivity index (χ1n) is 11.3. The van der Waals surface area contributed by atoms with E-state index in [-0.39, 0.29) is 31.5 Å². The van der Waals surface area contributed by atoms with Crippen molar-refractivity contribution >= 4 is 17.5 Å². The molecule has 0 saturated carbocycles. The van der Waals surface area contributed by atoms with Crippen molar-refractivity contribution in [2.75, 3.05) is 49.6 Å². The Kier molecular flexibility index (Phi) is 8.94. The second-order valence-electron chi connectivity index (χ2n) is 8.35. The molecular formula is C21H25F6N7O3. The van der Waals surface area contributed by atoms with E-state index < -0.39 is 40.8 Å². The third-order valence-corrected chi connectivity index (χ3v) is 5.47. The van der Waals surface area contributed by atoms with Crippen LogP contribution in [0, 0.1) is 0 Å². The van der Waals surface area contributed by atoms with Crippen LogP contribution in [0.2, 0.25) is 0 Å². The molecule has 2 aromatic rings. The van der Waals surface area contributed by atoms with Crippen LogP contribution in [0.1, 0.15) is 30.9 Å². The molecule has 10 nitrogen and oxygen atoms in total. The summed E-state index contributed by atoms with van der Waals surface area (Å²) in [6, 6.07) is -0.615. The zero-order valence-corrected chi connectivity index (χ0v) is 19.7. The molecule has 0 bridgehead atoms. The van der Waals surface area contributed by atoms with Gasteiger partial charge >= 0.3 is 12.4 Å². The van der Waals surface area contributed by atoms with Gasteiger partial charge in [-0.2, -0.15) is 31.4 Å². The van der Waals surface area contributed by atoms with Gasteiger partial charge in [0.15, 0.2) is 0 Å². The topological polar surface area (TPSA) is 116 Å². The van der Waals surface area contributed by atoms with E-state index in [1.165, 1.54) is 0 Å². The number of amides is 1. The molecule has 0 unspecified atom stereocenters. The van der Waals surface area contributed by atoms with Gasteiger partial charge in [-0.05, 0) is 13.3 Å². The van der Waals surface area contributed by atoms with E-state index in [1.54, 1.807) is 21.8 Å². The van der Waals surface area contributed by atoms with Crippen LogP contribution in [0.5, 0.6) is 0 Å². The summed E-state index contributed by atoms with van der Waals surface area (Å²) < 4.78 is 82.9. The lowest BCUT2D eigenvalue weighted by Crippen LogP contribution is -2.36. The maximum Gasteiger partial charge on any atom is 0.423 e. The van der Waals surface area contributed by atoms with Gasteiger partial charge in [0.2, 0.25) is 11.9 Å². The van der Waals surface area contributed by atoms with Gasteiger partial charge in [-0.3, -0.25) is 9.59 Å². The molecule has 1 aliphatic heterocycles. The highest BCUT2D eigenvalue weighted by Crippen LogP contribution is 2.31. The zero-order chi connectivity index (χ0) is 27.2. The van der Waals surface area contributed by atoms with E-state index >= 15 is 0 Å². The van der Waals surface area contributed by atoms with Crippen molar-refractivity contribution in [2.45, 2.75) is 38.2 Å². The second-order valence-corrected chi connectivity index (χ2v) is 8.35. The second kappa shape index (κ2) is 11.7. The molecule has 0 aromatic carbocycles. The van der Waals surface area contributed by atoms with Gasteiger partial charge in [0.05, 0.1) is 37.1 Å². The first kappa shape index (κ1) is 28.1. The highest BCUT2D eigenvalue weighted by atomic mass is 19.4. The third-order valence-electron chi connectivity index (χ3n) is 5.47. The Morgan fingerprint density at radius 3 is 2.43 bits per heavy atom. The van der Waals surface area contributed by atoms with Gasteiger partial charge in [0.1, 0.15) is 5.56 Å². The highest BCUT2D eigenvalue weighted by molar-refractivity contribution is 5.76. The minimum atomic E-state index is -4.87. The number of hydrogen-bond donors (Lipinski definition) is 2. The number of ether oxygens (including phenoxy) is 1. The molecule has 16 heteroatoms. The zero-order valence-electron chi connectivity index (χ0n) is 19.7. The Labute approximate surface area is 207 Å². The van der Waals surface area contributed by atoms with Crippen molar-refractivity contribution in [1.29, 1.82) is 0 Å². The number of carbonyl (C=O) groups is 1. The molecule has 1 aliphatic rings. The minimum Gasteiger partial charge on any atom is -0.379 e. The fourth-order valence-corrected chi connectivity index (χ4v) is 3.67. The number of aromatic nitrogens is 4. The molecule has 0 spiro atoms. The number of nitrogens with zero attached hydrogens (tertiary/aromatic N) is 5. The first-order valence-corrected chi connectivity index (χ1v) is 11.3. The van der Waals surface area contributed by atoms with Gasteiger partial charge in [-0.25, -0.2) is 15.1 Å². The van der Waals surface area contributed by atoms with Crippen LogP contribution >= 0.6 is 0 Å². The summed E-state index contributed by atoms with van der Waals surface area (Å²) in [6.07, 6.45) is -6.50. The molecule has 3 rings (SSSR count). The molecule has 204 valence electrons. The standard InChI is InChI=1S/C21H25F6N7O3/c1-13(31-15-11-30-32-18(36)17(15)21(25,26)27)12-37-8-3-16(35)33-4-2-5-34(7-6-33)19-28-9-14(10-29-19)20(22,23)24/h9-11,13H,2-8,12H2,1H3,(H2,31,32,36)/t13-/m0/s1. The summed E-state index contributed by atoms with van der Waals surface area (Å²) in [5.74, 6) is -0.0506. The lowest BCUT2D eigenvalue weighted by atomic mass is 10.2. The maximum atomic E-state index is 13.1. The average molecular weight is 537 g/mol. The van der Waals surface area contributed by atoms with Crippen LogP contribution in [0.4, 0.5) is 38.0 Å². The summed E-state index contributed by atoms with van der Waals surface area (Å²) in [7, 11) is 0. The number of alkyl halides is 6. The Hall–Kier alpha value is -3.43. The van der Waals surface area contributed by atoms with Crippen LogP contribution in [-0.4, -0.2) is 76.4 Å². The summed E-state index contributed by atoms with van der Waals surface area (Å²) >= 11 is 0. The van der Waals surface area contributed by atoms with E-state index in [0.29, 0.717) is 32.6 Å². The van der Waals surface area contributed by atoms with Crippen molar-refractivity contribution in [3.63, 3.8) is 0 Å². The van der Waals surface area contributed by atoms with Crippen LogP contribution in [0.25, 0.3) is 0 Å². The smallest absolute Gasteiger partial charge is 0.379 e. The number of H-pyrrole nitrogens is 1. The molecule has 1 saturated heterocycles. The minimum absolute atomic E-state index is 0.0207. The molecule has 3 heterocycles. The van der Waals surface area contributed by atoms with E-state index in [1.807, 2.05) is 0 Å². The van der Waals surface area contributed by atoms with Gasteiger partial charge in [0, 0.05) is 44.6 Å². The number of hydrogen-bond acceptors (Lipinski definition) is 8. The number of anilines is 2. The van der Waals surface area contributed by atoms with E-state index in [0.717, 1.165) is 18.6 Å². The SMILES string of the molecule is C[C@@H](COCCC(=O)N1CCCN(c2ncc(C(F)(F)F)cn2)CC1)Nc1cn[nH]c(=O)c1C(F)(F)F. The van der Waals surface area contributed by atoms with Gasteiger partial charge in [0.25, 0.3) is 5.56 Å². The van der Waals surface area contributed by atoms with Crippen molar-refractivity contribution < 1.29 is 35.9 Å². The average Bonchev–Trinajstić information content (AvgIpc) is 3.07. The number of halogens is 6. The van der Waals surface area contributed by atoms with Gasteiger partial charge in [-0.15, -0.1) is 0 Å². The largest absolute Gasteiger partial charge is 0.423 e. The first-order chi connectivity index (χ1) is 17.4. The molecule has 37 heavy (non-hydrogen) atoms. The number of rotatable bonds is 8. The van der Waals surface area contributed by atoms with Crippen molar-refractivity contribution in [1.82, 2.24) is 25.1 Å². The molecule has 2 N–H and O–H groups in total. The lowest BCUT2D eigenvalue weighted by Gasteiger charge is -2.22. The predicted octanol–water partition coefficient (Wildman–Crippen LogP) is 2.54. The van der Waals surface area contributed by atoms with Crippen LogP contribution in [0.15, 0.2) is 23.4 Å². The number of nitrogens with one attached hydrogen (secondary N) is 2.